The average molecular weight is 218 g/mol. The maximum atomic E-state index is 12.2. The Morgan fingerprint density at radius 3 is 2.38 bits per heavy atom. The Labute approximate surface area is 96.3 Å². The van der Waals surface area contributed by atoms with Gasteiger partial charge in [-0.25, -0.2) is 0 Å². The van der Waals surface area contributed by atoms with Crippen LogP contribution in [0.15, 0.2) is 18.2 Å². The van der Waals surface area contributed by atoms with E-state index in [1.807, 2.05) is 32.0 Å². The number of carbonyl (C=O) groups is 1. The summed E-state index contributed by atoms with van der Waals surface area (Å²) < 4.78 is 0. The number of carbonyl (C=O) groups excluding carboxylic acids is 1. The lowest BCUT2D eigenvalue weighted by Crippen LogP contribution is -2.35. The van der Waals surface area contributed by atoms with Gasteiger partial charge in [0.15, 0.2) is 5.78 Å². The maximum Gasteiger partial charge on any atom is 0.194 e. The number of hydrogen-bond donors (Lipinski definition) is 1. The van der Waals surface area contributed by atoms with Crippen molar-refractivity contribution in [3.63, 3.8) is 0 Å². The van der Waals surface area contributed by atoms with Crippen LogP contribution in [0.5, 0.6) is 0 Å². The molecule has 0 amide bonds. The van der Waals surface area contributed by atoms with Crippen LogP contribution in [0.1, 0.15) is 47.2 Å². The molecule has 2 nitrogen and oxygen atoms in total. The van der Waals surface area contributed by atoms with Gasteiger partial charge in [-0.3, -0.25) is 4.79 Å². The van der Waals surface area contributed by atoms with E-state index in [2.05, 4.69) is 0 Å². The highest BCUT2D eigenvalue weighted by molar-refractivity contribution is 6.02. The number of Topliss-reactive ketones (excluding diaryl/α,β-unsaturated/α-hetero) is 1. The zero-order chi connectivity index (χ0) is 11.8. The molecule has 0 radical (unpaired) electrons. The molecule has 0 bridgehead atoms. The molecule has 1 fully saturated rings. The first-order valence-electron chi connectivity index (χ1n) is 5.87. The highest BCUT2D eigenvalue weighted by Crippen LogP contribution is 2.32. The molecular weight excluding hydrogens is 200 g/mol. The highest BCUT2D eigenvalue weighted by Gasteiger charge is 2.39. The van der Waals surface area contributed by atoms with Gasteiger partial charge in [-0.1, -0.05) is 12.1 Å². The quantitative estimate of drug-likeness (QED) is 0.775. The molecule has 1 N–H and O–H groups in total. The zero-order valence-electron chi connectivity index (χ0n) is 9.92. The molecule has 86 valence electrons. The van der Waals surface area contributed by atoms with Gasteiger partial charge in [0.05, 0.1) is 0 Å². The van der Waals surface area contributed by atoms with Crippen molar-refractivity contribution in [2.45, 2.75) is 45.1 Å². The molecule has 0 aliphatic heterocycles. The van der Waals surface area contributed by atoms with Crippen molar-refractivity contribution < 1.29 is 9.90 Å². The minimum Gasteiger partial charge on any atom is -0.382 e. The normalized spacial score (nSPS) is 18.7. The number of aliphatic hydroxyl groups is 1. The van der Waals surface area contributed by atoms with Crippen LogP contribution in [0.25, 0.3) is 0 Å². The van der Waals surface area contributed by atoms with Gasteiger partial charge in [0, 0.05) is 5.56 Å². The van der Waals surface area contributed by atoms with Crippen molar-refractivity contribution in [2.75, 3.05) is 0 Å². The lowest BCUT2D eigenvalue weighted by atomic mass is 9.90. The van der Waals surface area contributed by atoms with Crippen LogP contribution < -0.4 is 0 Å². The smallest absolute Gasteiger partial charge is 0.194 e. The molecule has 1 aliphatic rings. The summed E-state index contributed by atoms with van der Waals surface area (Å²) in [5, 5.41) is 10.2. The maximum absolute atomic E-state index is 12.2. The number of aryl methyl sites for hydroxylation is 2. The Morgan fingerprint density at radius 2 is 1.81 bits per heavy atom. The monoisotopic (exact) mass is 218 g/mol. The van der Waals surface area contributed by atoms with Crippen molar-refractivity contribution >= 4 is 5.78 Å². The first-order chi connectivity index (χ1) is 7.53. The van der Waals surface area contributed by atoms with Gasteiger partial charge in [0.1, 0.15) is 5.60 Å². The molecule has 0 saturated heterocycles. The fourth-order valence-electron chi connectivity index (χ4n) is 2.34. The van der Waals surface area contributed by atoms with Crippen LogP contribution in [-0.2, 0) is 0 Å². The van der Waals surface area contributed by atoms with E-state index in [0.29, 0.717) is 18.4 Å². The number of hydrogen-bond acceptors (Lipinski definition) is 2. The number of benzene rings is 1. The van der Waals surface area contributed by atoms with Crippen LogP contribution in [0.4, 0.5) is 0 Å². The lowest BCUT2D eigenvalue weighted by Gasteiger charge is -2.20. The standard InChI is InChI=1S/C14H18O2/c1-10-5-6-12(9-11(10)2)13(15)14(16)7-3-4-8-14/h5-6,9,16H,3-4,7-8H2,1-2H3. The van der Waals surface area contributed by atoms with E-state index in [9.17, 15) is 9.90 Å². The van der Waals surface area contributed by atoms with Gasteiger partial charge < -0.3 is 5.11 Å². The Kier molecular flexibility index (Phi) is 2.85. The summed E-state index contributed by atoms with van der Waals surface area (Å²) in [5.41, 5.74) is 1.83. The predicted octanol–water partition coefficient (Wildman–Crippen LogP) is 2.79. The minimum atomic E-state index is -1.10. The zero-order valence-corrected chi connectivity index (χ0v) is 9.92. The van der Waals surface area contributed by atoms with Crippen molar-refractivity contribution in [3.8, 4) is 0 Å². The van der Waals surface area contributed by atoms with Gasteiger partial charge in [-0.2, -0.15) is 0 Å². The first-order valence-corrected chi connectivity index (χ1v) is 5.87. The third-order valence-electron chi connectivity index (χ3n) is 3.62. The molecule has 0 unspecified atom stereocenters. The van der Waals surface area contributed by atoms with Crippen molar-refractivity contribution in [1.82, 2.24) is 0 Å². The summed E-state index contributed by atoms with van der Waals surface area (Å²) in [6.07, 6.45) is 3.12. The molecule has 1 aliphatic carbocycles. The van der Waals surface area contributed by atoms with Gasteiger partial charge in [0.2, 0.25) is 0 Å². The van der Waals surface area contributed by atoms with Gasteiger partial charge in [-0.05, 0) is 56.7 Å². The first kappa shape index (κ1) is 11.3. The largest absolute Gasteiger partial charge is 0.382 e. The summed E-state index contributed by atoms with van der Waals surface area (Å²) in [6.45, 7) is 4.01. The van der Waals surface area contributed by atoms with E-state index in [1.165, 1.54) is 5.56 Å². The molecule has 0 heterocycles. The van der Waals surface area contributed by atoms with Crippen molar-refractivity contribution in [2.24, 2.45) is 0 Å². The van der Waals surface area contributed by atoms with Crippen molar-refractivity contribution in [1.29, 1.82) is 0 Å². The van der Waals surface area contributed by atoms with E-state index in [1.54, 1.807) is 0 Å². The highest BCUT2D eigenvalue weighted by atomic mass is 16.3. The van der Waals surface area contributed by atoms with Gasteiger partial charge >= 0.3 is 0 Å². The third-order valence-corrected chi connectivity index (χ3v) is 3.62. The topological polar surface area (TPSA) is 37.3 Å². The van der Waals surface area contributed by atoms with E-state index < -0.39 is 5.60 Å². The molecule has 0 atom stereocenters. The molecule has 1 aromatic carbocycles. The second kappa shape index (κ2) is 4.02. The Morgan fingerprint density at radius 1 is 1.19 bits per heavy atom. The molecular formula is C14H18O2. The fourth-order valence-corrected chi connectivity index (χ4v) is 2.34. The third kappa shape index (κ3) is 1.90. The molecule has 2 rings (SSSR count). The van der Waals surface area contributed by atoms with E-state index in [0.717, 1.165) is 18.4 Å². The Hall–Kier alpha value is -1.15. The van der Waals surface area contributed by atoms with E-state index in [4.69, 9.17) is 0 Å². The van der Waals surface area contributed by atoms with Crippen LogP contribution in [-0.4, -0.2) is 16.5 Å². The molecule has 1 aromatic rings. The second-order valence-corrected chi connectivity index (χ2v) is 4.87. The van der Waals surface area contributed by atoms with Crippen LogP contribution in [0.2, 0.25) is 0 Å². The Balaban J connectivity index is 2.30. The molecule has 2 heteroatoms. The number of ketones is 1. The summed E-state index contributed by atoms with van der Waals surface area (Å²) in [5.74, 6) is -0.104. The average Bonchev–Trinajstić information content (AvgIpc) is 2.70. The van der Waals surface area contributed by atoms with Crippen LogP contribution in [0, 0.1) is 13.8 Å². The van der Waals surface area contributed by atoms with Crippen LogP contribution >= 0.6 is 0 Å². The van der Waals surface area contributed by atoms with E-state index in [-0.39, 0.29) is 5.78 Å². The molecule has 0 spiro atoms. The van der Waals surface area contributed by atoms with Gasteiger partial charge in [-0.15, -0.1) is 0 Å². The van der Waals surface area contributed by atoms with Crippen molar-refractivity contribution in [3.05, 3.63) is 34.9 Å². The fraction of sp³-hybridized carbons (Fsp3) is 0.500. The SMILES string of the molecule is Cc1ccc(C(=O)C2(O)CCCC2)cc1C. The molecule has 1 saturated carbocycles. The summed E-state index contributed by atoms with van der Waals surface area (Å²) in [6, 6.07) is 5.65. The molecule has 0 aromatic heterocycles. The van der Waals surface area contributed by atoms with Gasteiger partial charge in [0.25, 0.3) is 0 Å². The predicted molar refractivity (Wildman–Crippen MR) is 63.7 cm³/mol. The lowest BCUT2D eigenvalue weighted by molar-refractivity contribution is 0.0353. The molecule has 16 heavy (non-hydrogen) atoms. The Bertz CT molecular complexity index is 415. The summed E-state index contributed by atoms with van der Waals surface area (Å²) in [7, 11) is 0. The minimum absolute atomic E-state index is 0.104. The summed E-state index contributed by atoms with van der Waals surface area (Å²) in [4.78, 5) is 12.2. The van der Waals surface area contributed by atoms with E-state index >= 15 is 0 Å². The van der Waals surface area contributed by atoms with Crippen LogP contribution in [0.3, 0.4) is 0 Å². The number of rotatable bonds is 2. The second-order valence-electron chi connectivity index (χ2n) is 4.87. The summed E-state index contributed by atoms with van der Waals surface area (Å²) >= 11 is 0.